The first-order chi connectivity index (χ1) is 7.17. The van der Waals surface area contributed by atoms with Crippen LogP contribution in [-0.4, -0.2) is 23.0 Å². The predicted molar refractivity (Wildman–Crippen MR) is 54.8 cm³/mol. The van der Waals surface area contributed by atoms with Gasteiger partial charge in [-0.3, -0.25) is 4.79 Å². The molecule has 2 aromatic heterocycles. The number of carbonyl (C=O) groups excluding carboxylic acids is 1. The van der Waals surface area contributed by atoms with Crippen LogP contribution >= 0.6 is 15.9 Å². The molecule has 0 spiro atoms. The van der Waals surface area contributed by atoms with Crippen molar-refractivity contribution in [3.63, 3.8) is 0 Å². The van der Waals surface area contributed by atoms with Gasteiger partial charge in [-0.25, -0.2) is 4.52 Å². The second-order valence-corrected chi connectivity index (χ2v) is 3.70. The lowest BCUT2D eigenvalue weighted by molar-refractivity contribution is 0.112. The van der Waals surface area contributed by atoms with Gasteiger partial charge in [0.2, 0.25) is 5.95 Å². The molecule has 6 heteroatoms. The number of ether oxygens (including phenoxy) is 1. The van der Waals surface area contributed by atoms with Crippen LogP contribution in [0.3, 0.4) is 0 Å². The summed E-state index contributed by atoms with van der Waals surface area (Å²) < 4.78 is 20.0. The summed E-state index contributed by atoms with van der Waals surface area (Å²) in [6, 6.07) is 1.64. The number of methoxy groups -OCH3 is 1. The van der Waals surface area contributed by atoms with Gasteiger partial charge in [-0.05, 0) is 22.0 Å². The molecule has 0 bridgehead atoms. The Kier molecular flexibility index (Phi) is 2.44. The van der Waals surface area contributed by atoms with E-state index in [1.165, 1.54) is 17.8 Å². The molecule has 78 valence electrons. The van der Waals surface area contributed by atoms with Crippen molar-refractivity contribution in [2.24, 2.45) is 0 Å². The molecule has 4 nitrogen and oxygen atoms in total. The Bertz CT molecular complexity index is 538. The monoisotopic (exact) mass is 272 g/mol. The van der Waals surface area contributed by atoms with E-state index in [9.17, 15) is 9.18 Å². The van der Waals surface area contributed by atoms with Crippen LogP contribution in [0.5, 0.6) is 5.75 Å². The molecule has 2 aromatic rings. The average molecular weight is 273 g/mol. The third kappa shape index (κ3) is 1.50. The number of aldehydes is 1. The maximum atomic E-state index is 13.2. The summed E-state index contributed by atoms with van der Waals surface area (Å²) in [5.74, 6) is -0.270. The molecule has 2 heterocycles. The Labute approximate surface area is 92.8 Å². The van der Waals surface area contributed by atoms with Crippen LogP contribution in [0.25, 0.3) is 5.52 Å². The molecular weight excluding hydrogens is 267 g/mol. The van der Waals surface area contributed by atoms with Gasteiger partial charge in [-0.1, -0.05) is 0 Å². The zero-order valence-corrected chi connectivity index (χ0v) is 9.28. The van der Waals surface area contributed by atoms with Gasteiger partial charge in [0, 0.05) is 4.47 Å². The van der Waals surface area contributed by atoms with Crippen LogP contribution in [0.1, 0.15) is 10.4 Å². The summed E-state index contributed by atoms with van der Waals surface area (Å²) in [5, 5.41) is 3.56. The van der Waals surface area contributed by atoms with Gasteiger partial charge in [0.15, 0.2) is 6.29 Å². The normalized spacial score (nSPS) is 10.6. The Morgan fingerprint density at radius 1 is 1.67 bits per heavy atom. The highest BCUT2D eigenvalue weighted by atomic mass is 79.9. The number of hydrogen-bond donors (Lipinski definition) is 0. The second kappa shape index (κ2) is 3.62. The van der Waals surface area contributed by atoms with Gasteiger partial charge in [0.05, 0.1) is 24.4 Å². The number of halogens is 2. The first-order valence-corrected chi connectivity index (χ1v) is 4.83. The predicted octanol–water partition coefficient (Wildman–Crippen LogP) is 2.06. The van der Waals surface area contributed by atoms with Gasteiger partial charge in [0.25, 0.3) is 0 Å². The Morgan fingerprint density at radius 3 is 3.00 bits per heavy atom. The first kappa shape index (κ1) is 10.1. The fourth-order valence-corrected chi connectivity index (χ4v) is 1.94. The number of nitrogens with zero attached hydrogens (tertiary/aromatic N) is 2. The third-order valence-electron chi connectivity index (χ3n) is 2.00. The fourth-order valence-electron chi connectivity index (χ4n) is 1.32. The molecule has 0 N–H and O–H groups in total. The Morgan fingerprint density at radius 2 is 2.40 bits per heavy atom. The summed E-state index contributed by atoms with van der Waals surface area (Å²) in [5.41, 5.74) is 0.327. The summed E-state index contributed by atoms with van der Waals surface area (Å²) in [6.07, 6.45) is 1.94. The van der Waals surface area contributed by atoms with Crippen LogP contribution in [0.15, 0.2) is 16.7 Å². The number of fused-ring (bicyclic) bond motifs is 1. The highest BCUT2D eigenvalue weighted by Crippen LogP contribution is 2.26. The number of rotatable bonds is 2. The van der Waals surface area contributed by atoms with Gasteiger partial charge >= 0.3 is 0 Å². The molecule has 0 fully saturated rings. The zero-order valence-electron chi connectivity index (χ0n) is 7.70. The van der Waals surface area contributed by atoms with E-state index in [1.807, 2.05) is 0 Å². The summed E-state index contributed by atoms with van der Waals surface area (Å²) >= 11 is 3.23. The van der Waals surface area contributed by atoms with Crippen LogP contribution in [0, 0.1) is 5.95 Å². The molecule has 0 aliphatic heterocycles. The maximum absolute atomic E-state index is 13.2. The van der Waals surface area contributed by atoms with E-state index >= 15 is 0 Å². The van der Waals surface area contributed by atoms with Gasteiger partial charge in [-0.15, -0.1) is 5.10 Å². The molecule has 0 unspecified atom stereocenters. The lowest BCUT2D eigenvalue weighted by Crippen LogP contribution is -1.92. The molecular formula is C9H6BrFN2O2. The fraction of sp³-hybridized carbons (Fsp3) is 0.111. The SMILES string of the molecule is COc1cc(Br)c2c(C=O)c(F)nn2c1. The van der Waals surface area contributed by atoms with Crippen molar-refractivity contribution in [2.75, 3.05) is 7.11 Å². The molecule has 15 heavy (non-hydrogen) atoms. The van der Waals surface area contributed by atoms with Crippen molar-refractivity contribution in [1.82, 2.24) is 9.61 Å². The summed E-state index contributed by atoms with van der Waals surface area (Å²) in [7, 11) is 1.49. The smallest absolute Gasteiger partial charge is 0.244 e. The van der Waals surface area contributed by atoms with Crippen molar-refractivity contribution in [3.8, 4) is 5.75 Å². The van der Waals surface area contributed by atoms with Crippen LogP contribution in [0.2, 0.25) is 0 Å². The molecule has 2 rings (SSSR count). The van der Waals surface area contributed by atoms with Crippen LogP contribution in [-0.2, 0) is 0 Å². The highest BCUT2D eigenvalue weighted by molar-refractivity contribution is 9.10. The van der Waals surface area contributed by atoms with Gasteiger partial charge in [-0.2, -0.15) is 4.39 Å². The third-order valence-corrected chi connectivity index (χ3v) is 2.60. The molecule has 0 aliphatic carbocycles. The minimum absolute atomic E-state index is 0.0653. The Balaban J connectivity index is 2.85. The molecule has 0 amide bonds. The van der Waals surface area contributed by atoms with E-state index in [2.05, 4.69) is 21.0 Å². The number of hydrogen-bond acceptors (Lipinski definition) is 3. The van der Waals surface area contributed by atoms with Crippen molar-refractivity contribution in [2.45, 2.75) is 0 Å². The molecule has 0 aromatic carbocycles. The van der Waals surface area contributed by atoms with E-state index < -0.39 is 5.95 Å². The minimum atomic E-state index is -0.793. The quantitative estimate of drug-likeness (QED) is 0.786. The van der Waals surface area contributed by atoms with Crippen molar-refractivity contribution in [1.29, 1.82) is 0 Å². The van der Waals surface area contributed by atoms with Gasteiger partial charge in [0.1, 0.15) is 5.75 Å². The molecule has 0 aliphatic rings. The minimum Gasteiger partial charge on any atom is -0.495 e. The van der Waals surface area contributed by atoms with Crippen molar-refractivity contribution < 1.29 is 13.9 Å². The first-order valence-electron chi connectivity index (χ1n) is 4.04. The average Bonchev–Trinajstić information content (AvgIpc) is 2.53. The van der Waals surface area contributed by atoms with Crippen LogP contribution < -0.4 is 4.74 Å². The lowest BCUT2D eigenvalue weighted by Gasteiger charge is -2.02. The summed E-state index contributed by atoms with van der Waals surface area (Å²) in [6.45, 7) is 0. The van der Waals surface area contributed by atoms with E-state index in [-0.39, 0.29) is 5.56 Å². The van der Waals surface area contributed by atoms with Gasteiger partial charge < -0.3 is 4.74 Å². The zero-order chi connectivity index (χ0) is 11.0. The maximum Gasteiger partial charge on any atom is 0.244 e. The van der Waals surface area contributed by atoms with E-state index in [1.54, 1.807) is 6.07 Å². The number of aromatic nitrogens is 2. The van der Waals surface area contributed by atoms with E-state index in [0.29, 0.717) is 22.0 Å². The van der Waals surface area contributed by atoms with Crippen LogP contribution in [0.4, 0.5) is 4.39 Å². The number of carbonyl (C=O) groups is 1. The van der Waals surface area contributed by atoms with Crippen molar-refractivity contribution in [3.05, 3.63) is 28.2 Å². The Hall–Kier alpha value is -1.43. The lowest BCUT2D eigenvalue weighted by atomic mass is 10.3. The molecule has 0 atom stereocenters. The second-order valence-electron chi connectivity index (χ2n) is 2.84. The van der Waals surface area contributed by atoms with Crippen molar-refractivity contribution >= 4 is 27.7 Å². The van der Waals surface area contributed by atoms with E-state index in [0.717, 1.165) is 0 Å². The summed E-state index contributed by atoms with van der Waals surface area (Å²) in [4.78, 5) is 10.7. The highest BCUT2D eigenvalue weighted by Gasteiger charge is 2.15. The standard InChI is InChI=1S/C9H6BrFN2O2/c1-15-5-2-7(10)8-6(4-14)9(11)12-13(8)3-5/h2-4H,1H3. The molecule has 0 saturated heterocycles. The van der Waals surface area contributed by atoms with E-state index in [4.69, 9.17) is 4.74 Å². The molecule has 0 saturated carbocycles. The largest absolute Gasteiger partial charge is 0.495 e. The molecule has 0 radical (unpaired) electrons. The topological polar surface area (TPSA) is 43.6 Å². The number of pyridine rings is 1.